The van der Waals surface area contributed by atoms with Crippen LogP contribution in [0.4, 0.5) is 4.79 Å². The Labute approximate surface area is 137 Å². The lowest BCUT2D eigenvalue weighted by atomic mass is 9.91. The topological polar surface area (TPSA) is 89.3 Å². The van der Waals surface area contributed by atoms with Crippen molar-refractivity contribution in [3.8, 4) is 0 Å². The lowest BCUT2D eigenvalue weighted by Crippen LogP contribution is -2.46. The molecular weight excluding hydrogens is 296 g/mol. The fraction of sp³-hybridized carbons (Fsp3) is 0.812. The minimum atomic E-state index is -0.460. The van der Waals surface area contributed by atoms with Crippen LogP contribution in [0.3, 0.4) is 0 Å². The van der Waals surface area contributed by atoms with Crippen LogP contribution in [-0.4, -0.2) is 40.5 Å². The average Bonchev–Trinajstić information content (AvgIpc) is 2.82. The van der Waals surface area contributed by atoms with Crippen molar-refractivity contribution in [1.82, 2.24) is 20.8 Å². The van der Waals surface area contributed by atoms with Crippen molar-refractivity contribution in [3.05, 3.63) is 11.7 Å². The minimum Gasteiger partial charge on any atom is -0.444 e. The highest BCUT2D eigenvalue weighted by molar-refractivity contribution is 5.68. The van der Waals surface area contributed by atoms with Crippen LogP contribution >= 0.6 is 0 Å². The predicted octanol–water partition coefficient (Wildman–Crippen LogP) is 2.35. The monoisotopic (exact) mass is 324 g/mol. The number of nitrogens with one attached hydrogen (secondary N) is 2. The summed E-state index contributed by atoms with van der Waals surface area (Å²) in [4.78, 5) is 16.0. The number of carbonyl (C=O) groups is 1. The van der Waals surface area contributed by atoms with E-state index in [1.165, 1.54) is 0 Å². The lowest BCUT2D eigenvalue weighted by molar-refractivity contribution is 0.0489. The van der Waals surface area contributed by atoms with Crippen LogP contribution in [-0.2, 0) is 11.2 Å². The molecule has 2 rings (SSSR count). The Balaban J connectivity index is 1.69. The third-order valence-electron chi connectivity index (χ3n) is 3.74. The van der Waals surface area contributed by atoms with Crippen LogP contribution in [0.15, 0.2) is 4.52 Å². The molecule has 0 aromatic carbocycles. The number of nitrogens with zero attached hydrogens (tertiary/aromatic N) is 2. The maximum atomic E-state index is 11.9. The molecule has 7 nitrogen and oxygen atoms in total. The molecule has 0 aliphatic heterocycles. The summed E-state index contributed by atoms with van der Waals surface area (Å²) in [7, 11) is 0. The predicted molar refractivity (Wildman–Crippen MR) is 86.2 cm³/mol. The molecule has 7 heteroatoms. The Bertz CT molecular complexity index is 510. The highest BCUT2D eigenvalue weighted by Gasteiger charge is 2.25. The highest BCUT2D eigenvalue weighted by atomic mass is 16.6. The number of carbonyl (C=O) groups excluding carboxylic acids is 1. The van der Waals surface area contributed by atoms with Gasteiger partial charge in [-0.3, -0.25) is 0 Å². The SMILES string of the molecule is Cc1noc(CCNC2CCCC(NC(=O)OC(C)(C)C)C2)n1. The fourth-order valence-electron chi connectivity index (χ4n) is 2.81. The summed E-state index contributed by atoms with van der Waals surface area (Å²) in [5.74, 6) is 1.33. The molecule has 2 N–H and O–H groups in total. The van der Waals surface area contributed by atoms with Crippen molar-refractivity contribution in [2.24, 2.45) is 0 Å². The van der Waals surface area contributed by atoms with E-state index in [0.29, 0.717) is 17.8 Å². The molecule has 2 unspecified atom stereocenters. The van der Waals surface area contributed by atoms with E-state index in [2.05, 4.69) is 20.8 Å². The van der Waals surface area contributed by atoms with Crippen LogP contribution in [0.25, 0.3) is 0 Å². The molecule has 1 aromatic heterocycles. The summed E-state index contributed by atoms with van der Waals surface area (Å²) in [6, 6.07) is 0.564. The third-order valence-corrected chi connectivity index (χ3v) is 3.74. The first-order valence-corrected chi connectivity index (χ1v) is 8.34. The first-order valence-electron chi connectivity index (χ1n) is 8.34. The maximum Gasteiger partial charge on any atom is 0.407 e. The van der Waals surface area contributed by atoms with E-state index < -0.39 is 5.60 Å². The number of amides is 1. The first-order chi connectivity index (χ1) is 10.8. The van der Waals surface area contributed by atoms with Gasteiger partial charge in [-0.15, -0.1) is 0 Å². The summed E-state index contributed by atoms with van der Waals surface area (Å²) in [6.07, 6.45) is 4.53. The summed E-state index contributed by atoms with van der Waals surface area (Å²) in [5, 5.41) is 10.3. The van der Waals surface area contributed by atoms with Crippen molar-refractivity contribution in [1.29, 1.82) is 0 Å². The molecule has 1 aromatic rings. The summed E-state index contributed by atoms with van der Waals surface area (Å²) < 4.78 is 10.4. The van der Waals surface area contributed by atoms with Gasteiger partial charge in [0.15, 0.2) is 5.82 Å². The Morgan fingerprint density at radius 3 is 2.74 bits per heavy atom. The minimum absolute atomic E-state index is 0.168. The quantitative estimate of drug-likeness (QED) is 0.864. The summed E-state index contributed by atoms with van der Waals surface area (Å²) >= 11 is 0. The van der Waals surface area contributed by atoms with E-state index in [1.54, 1.807) is 0 Å². The van der Waals surface area contributed by atoms with E-state index >= 15 is 0 Å². The summed E-state index contributed by atoms with van der Waals surface area (Å²) in [6.45, 7) is 8.23. The number of alkyl carbamates (subject to hydrolysis) is 1. The molecule has 23 heavy (non-hydrogen) atoms. The molecule has 2 atom stereocenters. The Morgan fingerprint density at radius 2 is 2.09 bits per heavy atom. The molecule has 1 aliphatic rings. The molecule has 1 aliphatic carbocycles. The fourth-order valence-corrected chi connectivity index (χ4v) is 2.81. The van der Waals surface area contributed by atoms with Crippen molar-refractivity contribution in [2.75, 3.05) is 6.54 Å². The molecular formula is C16H28N4O3. The second-order valence-corrected chi connectivity index (χ2v) is 7.15. The van der Waals surface area contributed by atoms with E-state index in [9.17, 15) is 4.79 Å². The van der Waals surface area contributed by atoms with Gasteiger partial charge in [-0.05, 0) is 53.4 Å². The van der Waals surface area contributed by atoms with Crippen molar-refractivity contribution >= 4 is 6.09 Å². The van der Waals surface area contributed by atoms with Crippen molar-refractivity contribution in [2.45, 2.75) is 77.5 Å². The van der Waals surface area contributed by atoms with Crippen LogP contribution in [0, 0.1) is 6.92 Å². The summed E-state index contributed by atoms with van der Waals surface area (Å²) in [5.41, 5.74) is -0.460. The maximum absolute atomic E-state index is 11.9. The second kappa shape index (κ2) is 7.77. The standard InChI is InChI=1S/C16H28N4O3/c1-11-18-14(23-20-11)8-9-17-12-6-5-7-13(10-12)19-15(21)22-16(2,3)4/h12-13,17H,5-10H2,1-4H3,(H,19,21). The van der Waals surface area contributed by atoms with E-state index in [1.807, 2.05) is 27.7 Å². The zero-order chi connectivity index (χ0) is 16.9. The van der Waals surface area contributed by atoms with Gasteiger partial charge < -0.3 is 19.9 Å². The lowest BCUT2D eigenvalue weighted by Gasteiger charge is -2.31. The third kappa shape index (κ3) is 6.56. The average molecular weight is 324 g/mol. The molecule has 1 saturated carbocycles. The molecule has 0 saturated heterocycles. The number of aryl methyl sites for hydroxylation is 1. The first kappa shape index (κ1) is 17.7. The largest absolute Gasteiger partial charge is 0.444 e. The van der Waals surface area contributed by atoms with Gasteiger partial charge in [0.05, 0.1) is 0 Å². The number of aromatic nitrogens is 2. The van der Waals surface area contributed by atoms with Crippen LogP contribution < -0.4 is 10.6 Å². The van der Waals surface area contributed by atoms with Gasteiger partial charge in [0.25, 0.3) is 0 Å². The van der Waals surface area contributed by atoms with Crippen LogP contribution in [0.2, 0.25) is 0 Å². The number of ether oxygens (including phenoxy) is 1. The molecule has 1 fully saturated rings. The number of hydrogen-bond donors (Lipinski definition) is 2. The van der Waals surface area contributed by atoms with Gasteiger partial charge in [-0.25, -0.2) is 4.79 Å². The smallest absolute Gasteiger partial charge is 0.407 e. The second-order valence-electron chi connectivity index (χ2n) is 7.15. The Morgan fingerprint density at radius 1 is 1.35 bits per heavy atom. The van der Waals surface area contributed by atoms with E-state index in [-0.39, 0.29) is 12.1 Å². The number of rotatable bonds is 5. The Hall–Kier alpha value is -1.63. The molecule has 1 heterocycles. The molecule has 0 radical (unpaired) electrons. The number of hydrogen-bond acceptors (Lipinski definition) is 6. The van der Waals surface area contributed by atoms with Gasteiger partial charge in [-0.2, -0.15) is 4.98 Å². The molecule has 0 spiro atoms. The van der Waals surface area contributed by atoms with E-state index in [4.69, 9.17) is 9.26 Å². The Kier molecular flexibility index (Phi) is 5.98. The van der Waals surface area contributed by atoms with Crippen LogP contribution in [0.1, 0.15) is 58.2 Å². The van der Waals surface area contributed by atoms with Gasteiger partial charge >= 0.3 is 6.09 Å². The van der Waals surface area contributed by atoms with E-state index in [0.717, 1.165) is 38.6 Å². The van der Waals surface area contributed by atoms with Crippen LogP contribution in [0.5, 0.6) is 0 Å². The zero-order valence-electron chi connectivity index (χ0n) is 14.5. The van der Waals surface area contributed by atoms with Crippen molar-refractivity contribution in [3.63, 3.8) is 0 Å². The molecule has 130 valence electrons. The van der Waals surface area contributed by atoms with Gasteiger partial charge in [0, 0.05) is 25.0 Å². The zero-order valence-corrected chi connectivity index (χ0v) is 14.5. The molecule has 0 bridgehead atoms. The van der Waals surface area contributed by atoms with Crippen molar-refractivity contribution < 1.29 is 14.1 Å². The molecule has 1 amide bonds. The van der Waals surface area contributed by atoms with Gasteiger partial charge in [0.1, 0.15) is 5.60 Å². The normalized spacial score (nSPS) is 21.9. The van der Waals surface area contributed by atoms with Gasteiger partial charge in [0.2, 0.25) is 5.89 Å². The van der Waals surface area contributed by atoms with Gasteiger partial charge in [-0.1, -0.05) is 5.16 Å². The highest BCUT2D eigenvalue weighted by Crippen LogP contribution is 2.19.